The van der Waals surface area contributed by atoms with Crippen LogP contribution in [0.4, 0.5) is 5.69 Å². The number of carbonyl (C=O) groups is 2. The molecule has 0 aliphatic carbocycles. The molecule has 1 N–H and O–H groups in total. The Morgan fingerprint density at radius 3 is 2.69 bits per heavy atom. The number of rotatable bonds is 3. The van der Waals surface area contributed by atoms with Gasteiger partial charge in [-0.15, -0.1) is 0 Å². The van der Waals surface area contributed by atoms with Crippen molar-refractivity contribution in [2.75, 3.05) is 12.4 Å². The molecule has 16 heavy (non-hydrogen) atoms. The van der Waals surface area contributed by atoms with Gasteiger partial charge in [0.15, 0.2) is 0 Å². The number of alkyl halides is 1. The Morgan fingerprint density at radius 2 is 2.12 bits per heavy atom. The van der Waals surface area contributed by atoms with Crippen molar-refractivity contribution in [3.8, 4) is 0 Å². The molecule has 0 aromatic heterocycles. The minimum atomic E-state index is -0.428. The van der Waals surface area contributed by atoms with E-state index in [0.717, 1.165) is 0 Å². The summed E-state index contributed by atoms with van der Waals surface area (Å²) < 4.78 is 4.58. The van der Waals surface area contributed by atoms with Gasteiger partial charge in [0.2, 0.25) is 5.91 Å². The van der Waals surface area contributed by atoms with Crippen molar-refractivity contribution in [3.63, 3.8) is 0 Å². The predicted octanol–water partition coefficient (Wildman–Crippen LogP) is 2.20. The van der Waals surface area contributed by atoms with Crippen LogP contribution in [-0.4, -0.2) is 23.8 Å². The number of amides is 1. The summed E-state index contributed by atoms with van der Waals surface area (Å²) in [5.41, 5.74) is 0.974. The molecular weight excluding hydrogens is 274 g/mol. The van der Waals surface area contributed by atoms with Crippen molar-refractivity contribution in [1.29, 1.82) is 0 Å². The Bertz CT molecular complexity index is 404. The summed E-state index contributed by atoms with van der Waals surface area (Å²) in [6.45, 7) is 1.72. The third-order valence-corrected chi connectivity index (χ3v) is 2.33. The number of carbonyl (C=O) groups excluding carboxylic acids is 2. The van der Waals surface area contributed by atoms with E-state index in [4.69, 9.17) is 0 Å². The van der Waals surface area contributed by atoms with Crippen molar-refractivity contribution in [3.05, 3.63) is 29.8 Å². The molecule has 86 valence electrons. The molecule has 0 radical (unpaired) electrons. The monoisotopic (exact) mass is 285 g/mol. The maximum Gasteiger partial charge on any atom is 0.337 e. The number of esters is 1. The molecule has 0 fully saturated rings. The lowest BCUT2D eigenvalue weighted by molar-refractivity contribution is -0.115. The van der Waals surface area contributed by atoms with E-state index in [1.807, 2.05) is 0 Å². The van der Waals surface area contributed by atoms with E-state index in [1.165, 1.54) is 7.11 Å². The lowest BCUT2D eigenvalue weighted by Crippen LogP contribution is -2.20. The van der Waals surface area contributed by atoms with E-state index >= 15 is 0 Å². The molecule has 5 heteroatoms. The lowest BCUT2D eigenvalue weighted by Gasteiger charge is -2.07. The van der Waals surface area contributed by atoms with Gasteiger partial charge in [-0.1, -0.05) is 22.0 Å². The summed E-state index contributed by atoms with van der Waals surface area (Å²) in [7, 11) is 1.31. The second-order valence-electron chi connectivity index (χ2n) is 3.18. The number of hydrogen-bond donors (Lipinski definition) is 1. The van der Waals surface area contributed by atoms with Crippen LogP contribution in [0.15, 0.2) is 24.3 Å². The largest absolute Gasteiger partial charge is 0.465 e. The zero-order valence-corrected chi connectivity index (χ0v) is 10.6. The maximum absolute atomic E-state index is 11.4. The van der Waals surface area contributed by atoms with Crippen molar-refractivity contribution < 1.29 is 14.3 Å². The average molecular weight is 286 g/mol. The van der Waals surface area contributed by atoms with Crippen LogP contribution in [0.1, 0.15) is 17.3 Å². The molecule has 1 aromatic rings. The number of halogens is 1. The summed E-state index contributed by atoms with van der Waals surface area (Å²) >= 11 is 3.15. The summed E-state index contributed by atoms with van der Waals surface area (Å²) in [5, 5.41) is 2.67. The molecule has 1 rings (SSSR count). The smallest absolute Gasteiger partial charge is 0.337 e. The van der Waals surface area contributed by atoms with Gasteiger partial charge in [0.1, 0.15) is 0 Å². The Kier molecular flexibility index (Phi) is 4.49. The topological polar surface area (TPSA) is 55.4 Å². The van der Waals surface area contributed by atoms with Crippen LogP contribution in [0.25, 0.3) is 0 Å². The Balaban J connectivity index is 2.83. The van der Waals surface area contributed by atoms with Gasteiger partial charge in [-0.3, -0.25) is 4.79 Å². The van der Waals surface area contributed by atoms with Gasteiger partial charge in [0.25, 0.3) is 0 Å². The SMILES string of the molecule is COC(=O)c1cccc(NC(=O)[C@@H](C)Br)c1. The highest BCUT2D eigenvalue weighted by molar-refractivity contribution is 9.10. The second kappa shape index (κ2) is 5.65. The third kappa shape index (κ3) is 3.34. The second-order valence-corrected chi connectivity index (χ2v) is 4.55. The Labute approximate surface area is 102 Å². The fraction of sp³-hybridized carbons (Fsp3) is 0.273. The molecule has 1 atom stereocenters. The number of nitrogens with one attached hydrogen (secondary N) is 1. The number of ether oxygens (including phenoxy) is 1. The fourth-order valence-electron chi connectivity index (χ4n) is 1.08. The quantitative estimate of drug-likeness (QED) is 0.684. The highest BCUT2D eigenvalue weighted by Gasteiger charge is 2.10. The van der Waals surface area contributed by atoms with Crippen molar-refractivity contribution in [2.24, 2.45) is 0 Å². The van der Waals surface area contributed by atoms with Crippen molar-refractivity contribution in [2.45, 2.75) is 11.8 Å². The van der Waals surface area contributed by atoms with Crippen molar-refractivity contribution >= 4 is 33.5 Å². The van der Waals surface area contributed by atoms with Crippen LogP contribution in [0.3, 0.4) is 0 Å². The first-order valence-electron chi connectivity index (χ1n) is 4.68. The summed E-state index contributed by atoms with van der Waals surface area (Å²) in [6, 6.07) is 6.58. The molecule has 0 spiro atoms. The Morgan fingerprint density at radius 1 is 1.44 bits per heavy atom. The van der Waals surface area contributed by atoms with Crippen LogP contribution < -0.4 is 5.32 Å². The van der Waals surface area contributed by atoms with Gasteiger partial charge in [-0.25, -0.2) is 4.79 Å². The van der Waals surface area contributed by atoms with Crippen LogP contribution in [0.5, 0.6) is 0 Å². The third-order valence-electron chi connectivity index (χ3n) is 1.91. The van der Waals surface area contributed by atoms with Crippen LogP contribution in [-0.2, 0) is 9.53 Å². The average Bonchev–Trinajstić information content (AvgIpc) is 2.28. The van der Waals surface area contributed by atoms with Crippen LogP contribution >= 0.6 is 15.9 Å². The molecule has 1 amide bonds. The van der Waals surface area contributed by atoms with Gasteiger partial charge >= 0.3 is 5.97 Å². The minimum absolute atomic E-state index is 0.165. The van der Waals surface area contributed by atoms with Crippen LogP contribution in [0.2, 0.25) is 0 Å². The molecular formula is C11H12BrNO3. The predicted molar refractivity (Wildman–Crippen MR) is 64.8 cm³/mol. The first-order chi connectivity index (χ1) is 7.54. The summed E-state index contributed by atoms with van der Waals surface area (Å²) in [6.07, 6.45) is 0. The van der Waals surface area contributed by atoms with Crippen LogP contribution in [0, 0.1) is 0 Å². The molecule has 0 aliphatic heterocycles. The molecule has 0 saturated carbocycles. The van der Waals surface area contributed by atoms with Gasteiger partial charge in [-0.2, -0.15) is 0 Å². The highest BCUT2D eigenvalue weighted by Crippen LogP contribution is 2.12. The van der Waals surface area contributed by atoms with E-state index in [-0.39, 0.29) is 10.7 Å². The van der Waals surface area contributed by atoms with Gasteiger partial charge < -0.3 is 10.1 Å². The Hall–Kier alpha value is -1.36. The summed E-state index contributed by atoms with van der Waals surface area (Å²) in [4.78, 5) is 22.3. The molecule has 0 aliphatic rings. The summed E-state index contributed by atoms with van der Waals surface area (Å²) in [5.74, 6) is -0.593. The zero-order chi connectivity index (χ0) is 12.1. The molecule has 0 saturated heterocycles. The van der Waals surface area contributed by atoms with Gasteiger partial charge in [0.05, 0.1) is 17.5 Å². The number of hydrogen-bond acceptors (Lipinski definition) is 3. The van der Waals surface area contributed by atoms with Gasteiger partial charge in [-0.05, 0) is 25.1 Å². The number of methoxy groups -OCH3 is 1. The standard InChI is InChI=1S/C11H12BrNO3/c1-7(12)10(14)13-9-5-3-4-8(6-9)11(15)16-2/h3-7H,1-2H3,(H,13,14)/t7-/m1/s1. The lowest BCUT2D eigenvalue weighted by atomic mass is 10.2. The molecule has 0 unspecified atom stereocenters. The number of anilines is 1. The van der Waals surface area contributed by atoms with Crippen molar-refractivity contribution in [1.82, 2.24) is 0 Å². The van der Waals surface area contributed by atoms with E-state index in [1.54, 1.807) is 31.2 Å². The normalized spacial score (nSPS) is 11.7. The van der Waals surface area contributed by atoms with E-state index in [0.29, 0.717) is 11.3 Å². The van der Waals surface area contributed by atoms with Gasteiger partial charge in [0, 0.05) is 5.69 Å². The molecule has 4 nitrogen and oxygen atoms in total. The molecule has 1 aromatic carbocycles. The van der Waals surface area contributed by atoms with E-state index in [2.05, 4.69) is 26.0 Å². The van der Waals surface area contributed by atoms with E-state index < -0.39 is 5.97 Å². The molecule has 0 bridgehead atoms. The number of benzene rings is 1. The maximum atomic E-state index is 11.4. The minimum Gasteiger partial charge on any atom is -0.465 e. The first-order valence-corrected chi connectivity index (χ1v) is 5.59. The zero-order valence-electron chi connectivity index (χ0n) is 8.99. The van der Waals surface area contributed by atoms with E-state index in [9.17, 15) is 9.59 Å². The molecule has 0 heterocycles. The fourth-order valence-corrected chi connectivity index (χ4v) is 1.20. The first kappa shape index (κ1) is 12.7. The highest BCUT2D eigenvalue weighted by atomic mass is 79.9.